The van der Waals surface area contributed by atoms with Crippen LogP contribution in [0.5, 0.6) is 11.5 Å². The molecule has 1 heterocycles. The molecule has 2 rings (SSSR count). The van der Waals surface area contributed by atoms with Gasteiger partial charge in [-0.05, 0) is 30.5 Å². The molecule has 1 amide bonds. The van der Waals surface area contributed by atoms with Crippen LogP contribution in [0.4, 0.5) is 5.00 Å². The Labute approximate surface area is 138 Å². The van der Waals surface area contributed by atoms with Gasteiger partial charge in [-0.2, -0.15) is 0 Å². The van der Waals surface area contributed by atoms with E-state index >= 15 is 0 Å². The topological polar surface area (TPSA) is 73.9 Å². The summed E-state index contributed by atoms with van der Waals surface area (Å²) < 4.78 is 15.4. The maximum Gasteiger partial charge on any atom is 0.341 e. The molecule has 7 heteroatoms. The van der Waals surface area contributed by atoms with Crippen LogP contribution < -0.4 is 14.8 Å². The number of carbonyl (C=O) groups is 2. The molecule has 0 aliphatic heterocycles. The van der Waals surface area contributed by atoms with Crippen molar-refractivity contribution in [2.24, 2.45) is 0 Å². The second-order valence-electron chi connectivity index (χ2n) is 4.38. The maximum absolute atomic E-state index is 12.5. The largest absolute Gasteiger partial charge is 0.493 e. The number of nitrogens with one attached hydrogen (secondary N) is 1. The first-order valence-electron chi connectivity index (χ1n) is 6.89. The van der Waals surface area contributed by atoms with Gasteiger partial charge in [-0.1, -0.05) is 6.07 Å². The first-order chi connectivity index (χ1) is 11.1. The molecule has 0 radical (unpaired) electrons. The molecular weight excluding hydrogens is 318 g/mol. The van der Waals surface area contributed by atoms with Gasteiger partial charge in [-0.3, -0.25) is 4.79 Å². The van der Waals surface area contributed by atoms with Gasteiger partial charge in [-0.25, -0.2) is 4.79 Å². The van der Waals surface area contributed by atoms with Crippen LogP contribution in [0.3, 0.4) is 0 Å². The minimum absolute atomic E-state index is 0.270. The Balaban J connectivity index is 2.27. The van der Waals surface area contributed by atoms with E-state index < -0.39 is 11.9 Å². The van der Waals surface area contributed by atoms with Crippen molar-refractivity contribution in [3.63, 3.8) is 0 Å². The van der Waals surface area contributed by atoms with Crippen molar-refractivity contribution in [3.05, 3.63) is 40.8 Å². The van der Waals surface area contributed by atoms with Crippen LogP contribution in [-0.2, 0) is 4.74 Å². The fourth-order valence-electron chi connectivity index (χ4n) is 2.01. The lowest BCUT2D eigenvalue weighted by atomic mass is 10.1. The van der Waals surface area contributed by atoms with E-state index in [0.29, 0.717) is 27.6 Å². The third kappa shape index (κ3) is 3.62. The predicted molar refractivity (Wildman–Crippen MR) is 87.8 cm³/mol. The van der Waals surface area contributed by atoms with Gasteiger partial charge in [0, 0.05) is 0 Å². The third-order valence-electron chi connectivity index (χ3n) is 3.04. The zero-order valence-corrected chi connectivity index (χ0v) is 13.9. The molecule has 1 aromatic heterocycles. The molecule has 2 aromatic rings. The zero-order chi connectivity index (χ0) is 16.8. The third-order valence-corrected chi connectivity index (χ3v) is 3.87. The van der Waals surface area contributed by atoms with Gasteiger partial charge in [0.25, 0.3) is 5.91 Å². The average Bonchev–Trinajstić information content (AvgIpc) is 3.02. The number of methoxy groups -OCH3 is 2. The monoisotopic (exact) mass is 335 g/mol. The van der Waals surface area contributed by atoms with Gasteiger partial charge in [-0.15, -0.1) is 11.3 Å². The summed E-state index contributed by atoms with van der Waals surface area (Å²) in [7, 11) is 2.96. The van der Waals surface area contributed by atoms with Crippen LogP contribution in [0, 0.1) is 0 Å². The van der Waals surface area contributed by atoms with E-state index in [4.69, 9.17) is 14.2 Å². The maximum atomic E-state index is 12.5. The van der Waals surface area contributed by atoms with E-state index in [1.165, 1.54) is 25.6 Å². The summed E-state index contributed by atoms with van der Waals surface area (Å²) in [5, 5.41) is 4.86. The normalized spacial score (nSPS) is 10.0. The van der Waals surface area contributed by atoms with Crippen molar-refractivity contribution in [2.75, 3.05) is 26.1 Å². The summed E-state index contributed by atoms with van der Waals surface area (Å²) in [4.78, 5) is 24.4. The van der Waals surface area contributed by atoms with E-state index in [9.17, 15) is 9.59 Å². The molecule has 0 fully saturated rings. The van der Waals surface area contributed by atoms with Crippen molar-refractivity contribution in [3.8, 4) is 11.5 Å². The number of carbonyl (C=O) groups excluding carboxylic acids is 2. The van der Waals surface area contributed by atoms with E-state index in [1.807, 2.05) is 0 Å². The van der Waals surface area contributed by atoms with E-state index in [-0.39, 0.29) is 6.61 Å². The highest BCUT2D eigenvalue weighted by Crippen LogP contribution is 2.32. The predicted octanol–water partition coefficient (Wildman–Crippen LogP) is 3.19. The molecule has 23 heavy (non-hydrogen) atoms. The summed E-state index contributed by atoms with van der Waals surface area (Å²) in [6, 6.07) is 6.62. The SMILES string of the molecule is CCOC(=O)c1ccsc1NC(=O)c1cccc(OC)c1OC. The molecule has 0 atom stereocenters. The number of ether oxygens (including phenoxy) is 3. The summed E-state index contributed by atoms with van der Waals surface area (Å²) >= 11 is 1.25. The molecule has 0 bridgehead atoms. The number of amides is 1. The number of anilines is 1. The summed E-state index contributed by atoms with van der Waals surface area (Å²) in [5.41, 5.74) is 0.641. The van der Waals surface area contributed by atoms with Crippen LogP contribution in [0.1, 0.15) is 27.6 Å². The molecular formula is C16H17NO5S. The van der Waals surface area contributed by atoms with Crippen LogP contribution in [-0.4, -0.2) is 32.7 Å². The van der Waals surface area contributed by atoms with Gasteiger partial charge in [0.2, 0.25) is 0 Å². The standard InChI is InChI=1S/C16H17NO5S/c1-4-22-16(19)11-8-9-23-15(11)17-14(18)10-6-5-7-12(20-2)13(10)21-3/h5-9H,4H2,1-3H3,(H,17,18). The molecule has 122 valence electrons. The Morgan fingerprint density at radius 3 is 2.57 bits per heavy atom. The quantitative estimate of drug-likeness (QED) is 0.821. The first-order valence-corrected chi connectivity index (χ1v) is 7.77. The van der Waals surface area contributed by atoms with Gasteiger partial charge in [0.15, 0.2) is 11.5 Å². The number of benzene rings is 1. The Kier molecular flexibility index (Phi) is 5.59. The number of esters is 1. The summed E-state index contributed by atoms with van der Waals surface area (Å²) in [6.07, 6.45) is 0. The van der Waals surface area contributed by atoms with Crippen LogP contribution in [0.2, 0.25) is 0 Å². The van der Waals surface area contributed by atoms with Crippen molar-refractivity contribution >= 4 is 28.2 Å². The average molecular weight is 335 g/mol. The minimum Gasteiger partial charge on any atom is -0.493 e. The van der Waals surface area contributed by atoms with Crippen molar-refractivity contribution in [1.82, 2.24) is 0 Å². The molecule has 6 nitrogen and oxygen atoms in total. The van der Waals surface area contributed by atoms with Crippen molar-refractivity contribution < 1.29 is 23.8 Å². The number of para-hydroxylation sites is 1. The highest BCUT2D eigenvalue weighted by molar-refractivity contribution is 7.14. The Bertz CT molecular complexity index is 710. The molecule has 0 aliphatic carbocycles. The van der Waals surface area contributed by atoms with E-state index in [2.05, 4.69) is 5.32 Å². The van der Waals surface area contributed by atoms with E-state index in [0.717, 1.165) is 0 Å². The number of hydrogen-bond donors (Lipinski definition) is 1. The highest BCUT2D eigenvalue weighted by atomic mass is 32.1. The summed E-state index contributed by atoms with van der Waals surface area (Å²) in [5.74, 6) is -0.0749. The Morgan fingerprint density at radius 2 is 1.91 bits per heavy atom. The Morgan fingerprint density at radius 1 is 1.13 bits per heavy atom. The molecule has 0 saturated carbocycles. The number of rotatable bonds is 6. The van der Waals surface area contributed by atoms with Gasteiger partial charge in [0.1, 0.15) is 5.00 Å². The fraction of sp³-hybridized carbons (Fsp3) is 0.250. The van der Waals surface area contributed by atoms with Crippen LogP contribution in [0.25, 0.3) is 0 Å². The van der Waals surface area contributed by atoms with Gasteiger partial charge < -0.3 is 19.5 Å². The summed E-state index contributed by atoms with van der Waals surface area (Å²) in [6.45, 7) is 2.00. The number of thiophene rings is 1. The second kappa shape index (κ2) is 7.64. The van der Waals surface area contributed by atoms with Gasteiger partial charge in [0.05, 0.1) is 32.0 Å². The lowest BCUT2D eigenvalue weighted by molar-refractivity contribution is 0.0528. The van der Waals surface area contributed by atoms with Crippen LogP contribution >= 0.6 is 11.3 Å². The lowest BCUT2D eigenvalue weighted by Crippen LogP contribution is -2.15. The molecule has 0 aliphatic rings. The smallest absolute Gasteiger partial charge is 0.341 e. The highest BCUT2D eigenvalue weighted by Gasteiger charge is 2.20. The van der Waals surface area contributed by atoms with Crippen molar-refractivity contribution in [2.45, 2.75) is 6.92 Å². The second-order valence-corrected chi connectivity index (χ2v) is 5.30. The lowest BCUT2D eigenvalue weighted by Gasteiger charge is -2.12. The fourth-order valence-corrected chi connectivity index (χ4v) is 2.78. The van der Waals surface area contributed by atoms with Gasteiger partial charge >= 0.3 is 5.97 Å². The minimum atomic E-state index is -0.471. The van der Waals surface area contributed by atoms with Crippen molar-refractivity contribution in [1.29, 1.82) is 0 Å². The Hall–Kier alpha value is -2.54. The molecule has 1 N–H and O–H groups in total. The molecule has 0 unspecified atom stereocenters. The molecule has 1 aromatic carbocycles. The molecule has 0 saturated heterocycles. The van der Waals surface area contributed by atoms with E-state index in [1.54, 1.807) is 36.6 Å². The first kappa shape index (κ1) is 16.8. The van der Waals surface area contributed by atoms with Crippen LogP contribution in [0.15, 0.2) is 29.6 Å². The zero-order valence-electron chi connectivity index (χ0n) is 13.0. The number of hydrogen-bond acceptors (Lipinski definition) is 6. The molecule has 0 spiro atoms.